The van der Waals surface area contributed by atoms with Crippen molar-refractivity contribution in [1.82, 2.24) is 0 Å². The van der Waals surface area contributed by atoms with Gasteiger partial charge in [0, 0.05) is 0 Å². The summed E-state index contributed by atoms with van der Waals surface area (Å²) in [6.45, 7) is 8.09. The van der Waals surface area contributed by atoms with Gasteiger partial charge in [0.1, 0.15) is 0 Å². The molecule has 0 aliphatic rings. The Hall–Kier alpha value is -0.260. The van der Waals surface area contributed by atoms with Crippen LogP contribution in [0.3, 0.4) is 0 Å². The summed E-state index contributed by atoms with van der Waals surface area (Å²) in [5.41, 5.74) is 1.27. The van der Waals surface area contributed by atoms with Crippen molar-refractivity contribution in [1.29, 1.82) is 0 Å². The van der Waals surface area contributed by atoms with E-state index in [2.05, 4.69) is 19.9 Å². The van der Waals surface area contributed by atoms with E-state index in [4.69, 9.17) is 0 Å². The highest BCUT2D eigenvalue weighted by atomic mass is 13.9. The van der Waals surface area contributed by atoms with Gasteiger partial charge in [-0.25, -0.2) is 0 Å². The monoisotopic (exact) mass is 111 g/mol. The molecule has 0 aliphatic carbocycles. The molecule has 47 valence electrons. The van der Waals surface area contributed by atoms with Crippen molar-refractivity contribution < 1.29 is 0 Å². The summed E-state index contributed by atoms with van der Waals surface area (Å²) in [5, 5.41) is 0. The molecule has 0 aromatic heterocycles. The zero-order chi connectivity index (χ0) is 6.41. The predicted molar refractivity (Wildman–Crippen MR) is 38.6 cm³/mol. The molecule has 0 fully saturated rings. The Morgan fingerprint density at radius 2 is 2.25 bits per heavy atom. The first kappa shape index (κ1) is 7.74. The fourth-order valence-electron chi connectivity index (χ4n) is 0.548. The molecule has 0 heteroatoms. The molecule has 0 saturated carbocycles. The van der Waals surface area contributed by atoms with Gasteiger partial charge < -0.3 is 0 Å². The van der Waals surface area contributed by atoms with E-state index >= 15 is 0 Å². The van der Waals surface area contributed by atoms with Gasteiger partial charge in [0.05, 0.1) is 0 Å². The maximum absolute atomic E-state index is 3.86. The molecule has 0 aromatic carbocycles. The maximum Gasteiger partial charge on any atom is -0.0283 e. The second kappa shape index (κ2) is 4.89. The van der Waals surface area contributed by atoms with Crippen LogP contribution in [-0.2, 0) is 0 Å². The van der Waals surface area contributed by atoms with Gasteiger partial charge in [0.2, 0.25) is 0 Å². The number of hydrogen-bond acceptors (Lipinski definition) is 0. The smallest absolute Gasteiger partial charge is 0.0283 e. The van der Waals surface area contributed by atoms with Crippen LogP contribution in [0.4, 0.5) is 0 Å². The third kappa shape index (κ3) is 3.91. The summed E-state index contributed by atoms with van der Waals surface area (Å²) >= 11 is 0. The van der Waals surface area contributed by atoms with Gasteiger partial charge in [-0.15, -0.1) is 0 Å². The van der Waals surface area contributed by atoms with Gasteiger partial charge in [-0.2, -0.15) is 0 Å². The van der Waals surface area contributed by atoms with Crippen molar-refractivity contribution in [2.24, 2.45) is 0 Å². The minimum absolute atomic E-state index is 1.17. The Morgan fingerprint density at radius 1 is 1.62 bits per heavy atom. The quantitative estimate of drug-likeness (QED) is 0.525. The van der Waals surface area contributed by atoms with Gasteiger partial charge in [0.25, 0.3) is 0 Å². The molecule has 0 amide bonds. The lowest BCUT2D eigenvalue weighted by atomic mass is 10.1. The fourth-order valence-corrected chi connectivity index (χ4v) is 0.548. The average Bonchev–Trinajstić information content (AvgIpc) is 1.83. The maximum atomic E-state index is 3.86. The van der Waals surface area contributed by atoms with Crippen molar-refractivity contribution in [3.63, 3.8) is 0 Å². The highest BCUT2D eigenvalue weighted by molar-refractivity contribution is 5.02. The molecule has 0 unspecified atom stereocenters. The van der Waals surface area contributed by atoms with Crippen LogP contribution < -0.4 is 0 Å². The highest BCUT2D eigenvalue weighted by Gasteiger charge is 1.84. The van der Waals surface area contributed by atoms with E-state index in [9.17, 15) is 0 Å². The van der Waals surface area contributed by atoms with Crippen LogP contribution in [0.5, 0.6) is 0 Å². The van der Waals surface area contributed by atoms with Crippen molar-refractivity contribution in [2.45, 2.75) is 33.1 Å². The Kier molecular flexibility index (Phi) is 4.73. The van der Waals surface area contributed by atoms with E-state index in [1.54, 1.807) is 0 Å². The first-order valence-corrected chi connectivity index (χ1v) is 3.28. The summed E-state index contributed by atoms with van der Waals surface area (Å²) in [7, 11) is 0. The molecule has 0 bridgehead atoms. The Morgan fingerprint density at radius 3 is 2.62 bits per heavy atom. The normalized spacial score (nSPS) is 12.1. The standard InChI is InChI=1S/C8H15/c1-4-6-7-8(3)5-2/h5H,3-4,6-7H2,1-2H3. The zero-order valence-corrected chi connectivity index (χ0v) is 5.91. The summed E-state index contributed by atoms with van der Waals surface area (Å²) in [6, 6.07) is 0. The summed E-state index contributed by atoms with van der Waals surface area (Å²) in [5.74, 6) is 0. The van der Waals surface area contributed by atoms with Crippen LogP contribution in [0.25, 0.3) is 0 Å². The van der Waals surface area contributed by atoms with Crippen LogP contribution in [-0.4, -0.2) is 0 Å². The average molecular weight is 111 g/mol. The largest absolute Gasteiger partial charge is 0.0884 e. The molecule has 0 aliphatic heterocycles. The van der Waals surface area contributed by atoms with E-state index in [0.29, 0.717) is 0 Å². The molecular formula is C8H15. The molecular weight excluding hydrogens is 96.1 g/mol. The number of allylic oxidation sites excluding steroid dienone is 2. The van der Waals surface area contributed by atoms with E-state index in [0.717, 1.165) is 0 Å². The second-order valence-electron chi connectivity index (χ2n) is 2.05. The minimum Gasteiger partial charge on any atom is -0.0884 e. The van der Waals surface area contributed by atoms with Gasteiger partial charge in [-0.1, -0.05) is 25.0 Å². The van der Waals surface area contributed by atoms with Crippen molar-refractivity contribution in [2.75, 3.05) is 0 Å². The molecule has 0 nitrogen and oxygen atoms in total. The lowest BCUT2D eigenvalue weighted by Gasteiger charge is -1.94. The SMILES string of the molecule is [CH2]C(=CC)CCCC. The third-order valence-corrected chi connectivity index (χ3v) is 1.26. The van der Waals surface area contributed by atoms with Crippen LogP contribution >= 0.6 is 0 Å². The van der Waals surface area contributed by atoms with Crippen LogP contribution in [0.2, 0.25) is 0 Å². The molecule has 0 spiro atoms. The number of hydrogen-bond donors (Lipinski definition) is 0. The molecule has 1 radical (unpaired) electrons. The van der Waals surface area contributed by atoms with E-state index in [1.807, 2.05) is 6.92 Å². The topological polar surface area (TPSA) is 0 Å². The second-order valence-corrected chi connectivity index (χ2v) is 2.05. The minimum atomic E-state index is 1.17. The fraction of sp³-hybridized carbons (Fsp3) is 0.625. The van der Waals surface area contributed by atoms with Gasteiger partial charge in [0.15, 0.2) is 0 Å². The Bertz CT molecular complexity index is 70.1. The molecule has 0 aromatic rings. The third-order valence-electron chi connectivity index (χ3n) is 1.26. The van der Waals surface area contributed by atoms with E-state index < -0.39 is 0 Å². The molecule has 0 heterocycles. The summed E-state index contributed by atoms with van der Waals surface area (Å²) in [6.07, 6.45) is 5.80. The van der Waals surface area contributed by atoms with E-state index in [1.165, 1.54) is 24.8 Å². The van der Waals surface area contributed by atoms with Crippen molar-refractivity contribution >= 4 is 0 Å². The van der Waals surface area contributed by atoms with Gasteiger partial charge in [-0.05, 0) is 26.7 Å². The van der Waals surface area contributed by atoms with Crippen LogP contribution in [0.1, 0.15) is 33.1 Å². The molecule has 8 heavy (non-hydrogen) atoms. The number of unbranched alkanes of at least 4 members (excludes halogenated alkanes) is 1. The zero-order valence-electron chi connectivity index (χ0n) is 5.91. The molecule has 0 rings (SSSR count). The lowest BCUT2D eigenvalue weighted by Crippen LogP contribution is -1.74. The molecule has 0 saturated heterocycles. The Labute approximate surface area is 52.6 Å². The Balaban J connectivity index is 3.12. The summed E-state index contributed by atoms with van der Waals surface area (Å²) < 4.78 is 0. The van der Waals surface area contributed by atoms with Crippen molar-refractivity contribution in [3.8, 4) is 0 Å². The van der Waals surface area contributed by atoms with Crippen LogP contribution in [0.15, 0.2) is 11.6 Å². The highest BCUT2D eigenvalue weighted by Crippen LogP contribution is 2.03. The van der Waals surface area contributed by atoms with Crippen LogP contribution in [0, 0.1) is 6.92 Å². The first-order chi connectivity index (χ1) is 3.81. The lowest BCUT2D eigenvalue weighted by molar-refractivity contribution is 0.796. The predicted octanol–water partition coefficient (Wildman–Crippen LogP) is 2.96. The summed E-state index contributed by atoms with van der Waals surface area (Å²) in [4.78, 5) is 0. The van der Waals surface area contributed by atoms with Gasteiger partial charge >= 0.3 is 0 Å². The molecule has 0 atom stereocenters. The number of rotatable bonds is 3. The van der Waals surface area contributed by atoms with Gasteiger partial charge in [-0.3, -0.25) is 0 Å². The molecule has 0 N–H and O–H groups in total. The first-order valence-electron chi connectivity index (χ1n) is 3.28. The van der Waals surface area contributed by atoms with Crippen molar-refractivity contribution in [3.05, 3.63) is 18.6 Å². The van der Waals surface area contributed by atoms with E-state index in [-0.39, 0.29) is 0 Å².